The maximum Gasteiger partial charge on any atom is 0.339 e. The van der Waals surface area contributed by atoms with Crippen LogP contribution in [-0.2, 0) is 4.74 Å². The summed E-state index contributed by atoms with van der Waals surface area (Å²) in [5.74, 6) is -0.556. The van der Waals surface area contributed by atoms with Gasteiger partial charge in [-0.15, -0.1) is 0 Å². The monoisotopic (exact) mass is 327 g/mol. The van der Waals surface area contributed by atoms with Crippen molar-refractivity contribution >= 4 is 28.5 Å². The number of esters is 1. The summed E-state index contributed by atoms with van der Waals surface area (Å²) in [5.41, 5.74) is 1.21. The highest BCUT2D eigenvalue weighted by Gasteiger charge is 2.18. The van der Waals surface area contributed by atoms with Crippen LogP contribution >= 0.6 is 11.6 Å². The minimum Gasteiger partial charge on any atom is -0.454 e. The van der Waals surface area contributed by atoms with Crippen molar-refractivity contribution in [1.82, 2.24) is 4.98 Å². The fourth-order valence-electron chi connectivity index (χ4n) is 2.47. The number of ether oxygens (including phenoxy) is 1. The van der Waals surface area contributed by atoms with Gasteiger partial charge in [0.15, 0.2) is 0 Å². The molecular weight excluding hydrogens is 314 g/mol. The maximum atomic E-state index is 12.5. The van der Waals surface area contributed by atoms with Gasteiger partial charge in [-0.2, -0.15) is 0 Å². The molecule has 1 heterocycles. The highest BCUT2D eigenvalue weighted by atomic mass is 35.5. The Morgan fingerprint density at radius 1 is 1.13 bits per heavy atom. The second kappa shape index (κ2) is 6.26. The van der Waals surface area contributed by atoms with Gasteiger partial charge in [0.25, 0.3) is 0 Å². The number of benzene rings is 2. The number of hydrogen-bond acceptors (Lipinski definition) is 3. The molecule has 0 aliphatic heterocycles. The first-order chi connectivity index (χ1) is 11.1. The molecule has 0 bridgehead atoms. The quantitative estimate of drug-likeness (QED) is 0.737. The molecule has 0 fully saturated rings. The Bertz CT molecular complexity index is 933. The number of hydrogen-bond donors (Lipinski definition) is 1. The van der Waals surface area contributed by atoms with Crippen LogP contribution in [0.1, 0.15) is 28.9 Å². The predicted molar refractivity (Wildman–Crippen MR) is 89.9 cm³/mol. The van der Waals surface area contributed by atoms with E-state index in [1.54, 1.807) is 43.3 Å². The van der Waals surface area contributed by atoms with Gasteiger partial charge < -0.3 is 9.72 Å². The number of fused-ring (bicyclic) bond motifs is 1. The topological polar surface area (TPSA) is 59.2 Å². The van der Waals surface area contributed by atoms with Crippen LogP contribution in [0, 0.1) is 0 Å². The molecule has 0 aliphatic rings. The molecule has 23 heavy (non-hydrogen) atoms. The molecular formula is C18H14ClNO3. The van der Waals surface area contributed by atoms with E-state index in [1.807, 2.05) is 12.1 Å². The number of aromatic nitrogens is 1. The molecule has 0 spiro atoms. The molecule has 0 radical (unpaired) electrons. The van der Waals surface area contributed by atoms with Crippen molar-refractivity contribution in [3.05, 3.63) is 81.1 Å². The third kappa shape index (κ3) is 3.12. The van der Waals surface area contributed by atoms with E-state index < -0.39 is 12.1 Å². The Kier molecular flexibility index (Phi) is 4.17. The van der Waals surface area contributed by atoms with Crippen LogP contribution in [0.5, 0.6) is 0 Å². The average molecular weight is 328 g/mol. The molecule has 0 saturated carbocycles. The van der Waals surface area contributed by atoms with Gasteiger partial charge in [0.05, 0.1) is 5.56 Å². The van der Waals surface area contributed by atoms with E-state index in [2.05, 4.69) is 4.98 Å². The molecule has 0 aliphatic carbocycles. The SMILES string of the molecule is C[C@@H](OC(=O)c1cc(=O)[nH]c2ccccc12)c1ccccc1Cl. The van der Waals surface area contributed by atoms with Crippen molar-refractivity contribution in [3.8, 4) is 0 Å². The number of rotatable bonds is 3. The van der Waals surface area contributed by atoms with Crippen LogP contribution in [-0.4, -0.2) is 11.0 Å². The van der Waals surface area contributed by atoms with E-state index >= 15 is 0 Å². The van der Waals surface area contributed by atoms with E-state index in [4.69, 9.17) is 16.3 Å². The summed E-state index contributed by atoms with van der Waals surface area (Å²) >= 11 is 6.12. The first-order valence-electron chi connectivity index (χ1n) is 7.14. The summed E-state index contributed by atoms with van der Waals surface area (Å²) in [6, 6.07) is 15.5. The zero-order valence-electron chi connectivity index (χ0n) is 12.4. The Morgan fingerprint density at radius 2 is 1.83 bits per heavy atom. The lowest BCUT2D eigenvalue weighted by atomic mass is 10.1. The summed E-state index contributed by atoms with van der Waals surface area (Å²) in [6.45, 7) is 1.74. The van der Waals surface area contributed by atoms with Crippen LogP contribution in [0.4, 0.5) is 0 Å². The first kappa shape index (κ1) is 15.3. The lowest BCUT2D eigenvalue weighted by Crippen LogP contribution is -2.14. The van der Waals surface area contributed by atoms with E-state index in [9.17, 15) is 9.59 Å². The van der Waals surface area contributed by atoms with Gasteiger partial charge in [-0.05, 0) is 19.1 Å². The van der Waals surface area contributed by atoms with Crippen LogP contribution < -0.4 is 5.56 Å². The van der Waals surface area contributed by atoms with E-state index in [1.165, 1.54) is 6.07 Å². The van der Waals surface area contributed by atoms with Gasteiger partial charge in [0.1, 0.15) is 6.10 Å². The molecule has 116 valence electrons. The van der Waals surface area contributed by atoms with Gasteiger partial charge in [0, 0.05) is 27.6 Å². The zero-order chi connectivity index (χ0) is 16.4. The average Bonchev–Trinajstić information content (AvgIpc) is 2.54. The highest BCUT2D eigenvalue weighted by molar-refractivity contribution is 6.31. The molecule has 0 unspecified atom stereocenters. The normalized spacial score (nSPS) is 12.1. The molecule has 5 heteroatoms. The summed E-state index contributed by atoms with van der Waals surface area (Å²) in [5, 5.41) is 1.17. The highest BCUT2D eigenvalue weighted by Crippen LogP contribution is 2.26. The summed E-state index contributed by atoms with van der Waals surface area (Å²) in [7, 11) is 0. The number of pyridine rings is 1. The lowest BCUT2D eigenvalue weighted by molar-refractivity contribution is 0.0340. The first-order valence-corrected chi connectivity index (χ1v) is 7.51. The van der Waals surface area contributed by atoms with Crippen LogP contribution in [0.3, 0.4) is 0 Å². The second-order valence-corrected chi connectivity index (χ2v) is 5.57. The Morgan fingerprint density at radius 3 is 2.61 bits per heavy atom. The van der Waals surface area contributed by atoms with Gasteiger partial charge >= 0.3 is 5.97 Å². The van der Waals surface area contributed by atoms with Crippen molar-refractivity contribution in [1.29, 1.82) is 0 Å². The van der Waals surface area contributed by atoms with E-state index in [-0.39, 0.29) is 11.1 Å². The molecule has 1 N–H and O–H groups in total. The van der Waals surface area contributed by atoms with Crippen molar-refractivity contribution < 1.29 is 9.53 Å². The summed E-state index contributed by atoms with van der Waals surface area (Å²) < 4.78 is 5.49. The van der Waals surface area contributed by atoms with E-state index in [0.717, 1.165) is 5.56 Å². The van der Waals surface area contributed by atoms with Crippen LogP contribution in [0.2, 0.25) is 5.02 Å². The Balaban J connectivity index is 1.95. The Hall–Kier alpha value is -2.59. The standard InChI is InChI=1S/C18H14ClNO3/c1-11(12-6-2-4-8-15(12)19)23-18(22)14-10-17(21)20-16-9-5-3-7-13(14)16/h2-11H,1H3,(H,20,21)/t11-/m1/s1. The molecule has 0 amide bonds. The molecule has 3 aromatic rings. The van der Waals surface area contributed by atoms with E-state index in [0.29, 0.717) is 15.9 Å². The van der Waals surface area contributed by atoms with Crippen LogP contribution in [0.25, 0.3) is 10.9 Å². The lowest BCUT2D eigenvalue weighted by Gasteiger charge is -2.15. The minimum absolute atomic E-state index is 0.239. The Labute approximate surface area is 137 Å². The number of carbonyl (C=O) groups excluding carboxylic acids is 1. The molecule has 4 nitrogen and oxygen atoms in total. The predicted octanol–water partition coefficient (Wildman–Crippen LogP) is 4.10. The van der Waals surface area contributed by atoms with Crippen LogP contribution in [0.15, 0.2) is 59.4 Å². The molecule has 1 atom stereocenters. The minimum atomic E-state index is -0.556. The maximum absolute atomic E-state index is 12.5. The number of H-pyrrole nitrogens is 1. The number of carbonyl (C=O) groups is 1. The largest absolute Gasteiger partial charge is 0.454 e. The third-order valence-corrected chi connectivity index (χ3v) is 3.94. The summed E-state index contributed by atoms with van der Waals surface area (Å²) in [6.07, 6.45) is -0.519. The molecule has 3 rings (SSSR count). The van der Waals surface area contributed by atoms with Crippen molar-refractivity contribution in [2.75, 3.05) is 0 Å². The van der Waals surface area contributed by atoms with Gasteiger partial charge in [-0.1, -0.05) is 48.0 Å². The smallest absolute Gasteiger partial charge is 0.339 e. The van der Waals surface area contributed by atoms with Crippen molar-refractivity contribution in [3.63, 3.8) is 0 Å². The molecule has 0 saturated heterocycles. The second-order valence-electron chi connectivity index (χ2n) is 5.16. The zero-order valence-corrected chi connectivity index (χ0v) is 13.1. The number of nitrogens with one attached hydrogen (secondary N) is 1. The van der Waals surface area contributed by atoms with Crippen molar-refractivity contribution in [2.24, 2.45) is 0 Å². The van der Waals surface area contributed by atoms with Gasteiger partial charge in [-0.3, -0.25) is 4.79 Å². The third-order valence-electron chi connectivity index (χ3n) is 3.60. The fourth-order valence-corrected chi connectivity index (χ4v) is 2.76. The fraction of sp³-hybridized carbons (Fsp3) is 0.111. The summed E-state index contributed by atoms with van der Waals surface area (Å²) in [4.78, 5) is 26.9. The molecule has 2 aromatic carbocycles. The number of halogens is 1. The number of para-hydroxylation sites is 1. The van der Waals surface area contributed by atoms with Gasteiger partial charge in [0.2, 0.25) is 5.56 Å². The number of aromatic amines is 1. The van der Waals surface area contributed by atoms with Crippen molar-refractivity contribution in [2.45, 2.75) is 13.0 Å². The molecule has 1 aromatic heterocycles. The van der Waals surface area contributed by atoms with Gasteiger partial charge in [-0.25, -0.2) is 4.79 Å².